The molecule has 94 valence electrons. The van der Waals surface area contributed by atoms with Crippen LogP contribution in [0.25, 0.3) is 0 Å². The summed E-state index contributed by atoms with van der Waals surface area (Å²) in [6.07, 6.45) is 4.81. The van der Waals surface area contributed by atoms with E-state index in [1.165, 1.54) is 6.42 Å². The van der Waals surface area contributed by atoms with Crippen molar-refractivity contribution in [3.05, 3.63) is 24.3 Å². The summed E-state index contributed by atoms with van der Waals surface area (Å²) in [6, 6.07) is 1.86. The van der Waals surface area contributed by atoms with E-state index in [9.17, 15) is 0 Å². The molecule has 2 rings (SSSR count). The summed E-state index contributed by atoms with van der Waals surface area (Å²) in [6.45, 7) is 7.08. The maximum absolute atomic E-state index is 5.59. The molecular weight excluding hydrogens is 214 g/mol. The highest BCUT2D eigenvalue weighted by Crippen LogP contribution is 2.05. The summed E-state index contributed by atoms with van der Waals surface area (Å²) < 4.78 is 0. The van der Waals surface area contributed by atoms with Crippen molar-refractivity contribution in [2.24, 2.45) is 5.73 Å². The van der Waals surface area contributed by atoms with E-state index in [1.54, 1.807) is 12.4 Å². The van der Waals surface area contributed by atoms with Gasteiger partial charge in [-0.05, 0) is 25.6 Å². The van der Waals surface area contributed by atoms with Gasteiger partial charge in [-0.1, -0.05) is 0 Å². The molecule has 5 heteroatoms. The summed E-state index contributed by atoms with van der Waals surface area (Å²) in [5.41, 5.74) is 5.59. The van der Waals surface area contributed by atoms with Crippen LogP contribution >= 0.6 is 0 Å². The topological polar surface area (TPSA) is 58.3 Å². The third-order valence-electron chi connectivity index (χ3n) is 3.11. The van der Waals surface area contributed by atoms with Gasteiger partial charge >= 0.3 is 0 Å². The summed E-state index contributed by atoms with van der Waals surface area (Å²) >= 11 is 0. The lowest BCUT2D eigenvalue weighted by atomic mass is 10.3. The Morgan fingerprint density at radius 2 is 1.76 bits per heavy atom. The Balaban J connectivity index is 1.83. The van der Waals surface area contributed by atoms with Gasteiger partial charge in [-0.2, -0.15) is 0 Å². The molecule has 0 aromatic carbocycles. The van der Waals surface area contributed by atoms with Crippen LogP contribution in [0.5, 0.6) is 0 Å². The molecule has 0 unspecified atom stereocenters. The van der Waals surface area contributed by atoms with Crippen LogP contribution in [0.2, 0.25) is 0 Å². The fourth-order valence-corrected chi connectivity index (χ4v) is 2.20. The summed E-state index contributed by atoms with van der Waals surface area (Å²) in [5.74, 6) is 0.916. The van der Waals surface area contributed by atoms with Crippen LogP contribution in [0.15, 0.2) is 18.5 Å². The van der Waals surface area contributed by atoms with E-state index < -0.39 is 0 Å². The second kappa shape index (κ2) is 6.64. The highest BCUT2D eigenvalue weighted by Gasteiger charge is 2.14. The molecule has 1 saturated heterocycles. The zero-order valence-corrected chi connectivity index (χ0v) is 10.3. The summed E-state index contributed by atoms with van der Waals surface area (Å²) in [5, 5.41) is 0. The van der Waals surface area contributed by atoms with Crippen LogP contribution in [-0.4, -0.2) is 59.0 Å². The SMILES string of the molecule is NCCN1CCCN(Cc2ncccn2)CC1. The quantitative estimate of drug-likeness (QED) is 0.792. The first kappa shape index (κ1) is 12.4. The van der Waals surface area contributed by atoms with E-state index in [0.717, 1.165) is 51.6 Å². The van der Waals surface area contributed by atoms with Crippen LogP contribution in [0.3, 0.4) is 0 Å². The summed E-state index contributed by atoms with van der Waals surface area (Å²) in [4.78, 5) is 13.4. The zero-order valence-electron chi connectivity index (χ0n) is 10.3. The number of hydrogen-bond acceptors (Lipinski definition) is 5. The van der Waals surface area contributed by atoms with E-state index in [-0.39, 0.29) is 0 Å². The average molecular weight is 235 g/mol. The molecule has 0 atom stereocenters. The van der Waals surface area contributed by atoms with Gasteiger partial charge in [0.15, 0.2) is 0 Å². The van der Waals surface area contributed by atoms with Crippen molar-refractivity contribution >= 4 is 0 Å². The Hall–Kier alpha value is -1.04. The number of aromatic nitrogens is 2. The number of rotatable bonds is 4. The van der Waals surface area contributed by atoms with E-state index in [1.807, 2.05) is 6.07 Å². The minimum atomic E-state index is 0.752. The first-order valence-electron chi connectivity index (χ1n) is 6.29. The third-order valence-corrected chi connectivity index (χ3v) is 3.11. The Bertz CT molecular complexity index is 316. The van der Waals surface area contributed by atoms with Crippen LogP contribution in [0.1, 0.15) is 12.2 Å². The zero-order chi connectivity index (χ0) is 11.9. The standard InChI is InChI=1S/C12H21N5/c13-3-8-16-6-2-7-17(10-9-16)11-12-14-4-1-5-15-12/h1,4-5H,2-3,6-11,13H2. The second-order valence-electron chi connectivity index (χ2n) is 4.43. The van der Waals surface area contributed by atoms with Crippen molar-refractivity contribution in [1.29, 1.82) is 0 Å². The van der Waals surface area contributed by atoms with Crippen molar-refractivity contribution in [3.8, 4) is 0 Å². The smallest absolute Gasteiger partial charge is 0.142 e. The van der Waals surface area contributed by atoms with E-state index in [4.69, 9.17) is 5.73 Å². The van der Waals surface area contributed by atoms with Crippen LogP contribution in [-0.2, 0) is 6.54 Å². The maximum atomic E-state index is 5.59. The Kier molecular flexibility index (Phi) is 4.85. The molecule has 0 aliphatic carbocycles. The predicted octanol–water partition coefficient (Wildman–Crippen LogP) is -0.0570. The molecule has 1 fully saturated rings. The van der Waals surface area contributed by atoms with Crippen LogP contribution < -0.4 is 5.73 Å². The molecule has 1 aliphatic heterocycles. The fourth-order valence-electron chi connectivity index (χ4n) is 2.20. The third kappa shape index (κ3) is 4.03. The Morgan fingerprint density at radius 3 is 2.53 bits per heavy atom. The van der Waals surface area contributed by atoms with Gasteiger partial charge in [0.2, 0.25) is 0 Å². The van der Waals surface area contributed by atoms with Crippen molar-refractivity contribution in [2.45, 2.75) is 13.0 Å². The molecule has 0 saturated carbocycles. The number of hydrogen-bond donors (Lipinski definition) is 1. The van der Waals surface area contributed by atoms with E-state index in [2.05, 4.69) is 19.8 Å². The van der Waals surface area contributed by atoms with Crippen LogP contribution in [0, 0.1) is 0 Å². The number of nitrogens with two attached hydrogens (primary N) is 1. The molecule has 0 bridgehead atoms. The van der Waals surface area contributed by atoms with Gasteiger partial charge in [0.1, 0.15) is 5.82 Å². The van der Waals surface area contributed by atoms with Crippen molar-refractivity contribution in [1.82, 2.24) is 19.8 Å². The predicted molar refractivity (Wildman–Crippen MR) is 67.4 cm³/mol. The first-order valence-corrected chi connectivity index (χ1v) is 6.29. The lowest BCUT2D eigenvalue weighted by Crippen LogP contribution is -2.33. The summed E-state index contributed by atoms with van der Waals surface area (Å²) in [7, 11) is 0. The largest absolute Gasteiger partial charge is 0.329 e. The monoisotopic (exact) mass is 235 g/mol. The molecule has 1 aromatic heterocycles. The van der Waals surface area contributed by atoms with Gasteiger partial charge in [0.05, 0.1) is 6.54 Å². The highest BCUT2D eigenvalue weighted by atomic mass is 15.2. The average Bonchev–Trinajstić information content (AvgIpc) is 2.57. The highest BCUT2D eigenvalue weighted by molar-refractivity contribution is 4.88. The molecule has 0 spiro atoms. The lowest BCUT2D eigenvalue weighted by Gasteiger charge is -2.20. The number of nitrogens with zero attached hydrogens (tertiary/aromatic N) is 4. The van der Waals surface area contributed by atoms with E-state index >= 15 is 0 Å². The lowest BCUT2D eigenvalue weighted by molar-refractivity contribution is 0.250. The molecule has 2 heterocycles. The van der Waals surface area contributed by atoms with Gasteiger partial charge in [0.25, 0.3) is 0 Å². The van der Waals surface area contributed by atoms with Gasteiger partial charge in [-0.3, -0.25) is 4.90 Å². The van der Waals surface area contributed by atoms with Gasteiger partial charge in [-0.15, -0.1) is 0 Å². The van der Waals surface area contributed by atoms with Crippen molar-refractivity contribution in [3.63, 3.8) is 0 Å². The van der Waals surface area contributed by atoms with Crippen molar-refractivity contribution < 1.29 is 0 Å². The normalized spacial score (nSPS) is 19.1. The first-order chi connectivity index (χ1) is 8.38. The molecule has 0 amide bonds. The molecule has 2 N–H and O–H groups in total. The Labute approximate surface area is 103 Å². The maximum Gasteiger partial charge on any atom is 0.142 e. The van der Waals surface area contributed by atoms with Crippen LogP contribution in [0.4, 0.5) is 0 Å². The minimum absolute atomic E-state index is 0.752. The minimum Gasteiger partial charge on any atom is -0.329 e. The van der Waals surface area contributed by atoms with Crippen molar-refractivity contribution in [2.75, 3.05) is 39.3 Å². The van der Waals surface area contributed by atoms with E-state index in [0.29, 0.717) is 0 Å². The fraction of sp³-hybridized carbons (Fsp3) is 0.667. The molecular formula is C12H21N5. The molecule has 17 heavy (non-hydrogen) atoms. The van der Waals surface area contributed by atoms with Gasteiger partial charge in [0, 0.05) is 38.6 Å². The molecule has 0 radical (unpaired) electrons. The van der Waals surface area contributed by atoms with Gasteiger partial charge < -0.3 is 10.6 Å². The van der Waals surface area contributed by atoms with Gasteiger partial charge in [-0.25, -0.2) is 9.97 Å². The molecule has 1 aliphatic rings. The Morgan fingerprint density at radius 1 is 1.06 bits per heavy atom. The second-order valence-corrected chi connectivity index (χ2v) is 4.43. The molecule has 5 nitrogen and oxygen atoms in total. The molecule has 1 aromatic rings.